The molecule has 0 bridgehead atoms. The molecule has 7 nitrogen and oxygen atoms in total. The van der Waals surface area contributed by atoms with Gasteiger partial charge in [0.15, 0.2) is 5.65 Å². The lowest BCUT2D eigenvalue weighted by Gasteiger charge is -2.33. The Morgan fingerprint density at radius 1 is 1.42 bits per heavy atom. The molecule has 0 spiro atoms. The molecule has 0 aliphatic carbocycles. The van der Waals surface area contributed by atoms with Crippen molar-refractivity contribution in [2.45, 2.75) is 32.2 Å². The maximum absolute atomic E-state index is 12.6. The molecular formula is C18H22N6OS. The van der Waals surface area contributed by atoms with Gasteiger partial charge in [-0.1, -0.05) is 13.0 Å². The summed E-state index contributed by atoms with van der Waals surface area (Å²) >= 11 is 1.50. The van der Waals surface area contributed by atoms with Gasteiger partial charge in [-0.3, -0.25) is 9.48 Å². The third-order valence-electron chi connectivity index (χ3n) is 4.74. The zero-order valence-electron chi connectivity index (χ0n) is 15.0. The monoisotopic (exact) mass is 370 g/mol. The zero-order chi connectivity index (χ0) is 18.1. The molecule has 1 fully saturated rings. The van der Waals surface area contributed by atoms with Crippen molar-refractivity contribution in [1.29, 1.82) is 0 Å². The van der Waals surface area contributed by atoms with Crippen molar-refractivity contribution in [3.63, 3.8) is 0 Å². The summed E-state index contributed by atoms with van der Waals surface area (Å²) in [6.07, 6.45) is 4.57. The molecule has 26 heavy (non-hydrogen) atoms. The Morgan fingerprint density at radius 3 is 3.08 bits per heavy atom. The molecular weight excluding hydrogens is 348 g/mol. The molecule has 1 amide bonds. The van der Waals surface area contributed by atoms with Gasteiger partial charge in [0.05, 0.1) is 16.5 Å². The zero-order valence-corrected chi connectivity index (χ0v) is 15.8. The van der Waals surface area contributed by atoms with Gasteiger partial charge >= 0.3 is 0 Å². The summed E-state index contributed by atoms with van der Waals surface area (Å²) in [6, 6.07) is 3.99. The number of thiophene rings is 1. The molecule has 4 rings (SSSR count). The molecule has 136 valence electrons. The van der Waals surface area contributed by atoms with Crippen LogP contribution in [0.1, 0.15) is 35.3 Å². The Hall–Kier alpha value is -2.48. The fourth-order valence-corrected chi connectivity index (χ4v) is 4.06. The summed E-state index contributed by atoms with van der Waals surface area (Å²) in [4.78, 5) is 24.6. The number of likely N-dealkylation sites (tertiary alicyclic amines) is 1. The molecule has 0 radical (unpaired) electrons. The predicted octanol–water partition coefficient (Wildman–Crippen LogP) is 2.70. The van der Waals surface area contributed by atoms with Gasteiger partial charge in [0, 0.05) is 32.6 Å². The number of fused-ring (bicyclic) bond motifs is 1. The van der Waals surface area contributed by atoms with Crippen LogP contribution in [0, 0.1) is 0 Å². The van der Waals surface area contributed by atoms with Crippen LogP contribution in [0.15, 0.2) is 23.7 Å². The first-order chi connectivity index (χ1) is 12.7. The van der Waals surface area contributed by atoms with Crippen LogP contribution in [0.2, 0.25) is 0 Å². The Bertz CT molecular complexity index is 919. The van der Waals surface area contributed by atoms with Gasteiger partial charge in [0.2, 0.25) is 0 Å². The van der Waals surface area contributed by atoms with Crippen LogP contribution in [-0.2, 0) is 13.5 Å². The van der Waals surface area contributed by atoms with Gasteiger partial charge in [-0.2, -0.15) is 5.10 Å². The average Bonchev–Trinajstić information content (AvgIpc) is 3.32. The molecule has 1 N–H and O–H groups in total. The van der Waals surface area contributed by atoms with Crippen LogP contribution in [0.5, 0.6) is 0 Å². The van der Waals surface area contributed by atoms with Gasteiger partial charge in [-0.15, -0.1) is 11.3 Å². The van der Waals surface area contributed by atoms with Gasteiger partial charge in [-0.25, -0.2) is 9.97 Å². The molecule has 0 saturated carbocycles. The van der Waals surface area contributed by atoms with Crippen molar-refractivity contribution in [2.75, 3.05) is 18.4 Å². The van der Waals surface area contributed by atoms with Gasteiger partial charge < -0.3 is 10.2 Å². The third-order valence-corrected chi connectivity index (χ3v) is 5.59. The summed E-state index contributed by atoms with van der Waals surface area (Å²) in [5, 5.41) is 10.7. The summed E-state index contributed by atoms with van der Waals surface area (Å²) in [5.41, 5.74) is 0.835. The maximum Gasteiger partial charge on any atom is 0.263 e. The number of hydrogen-bond acceptors (Lipinski definition) is 6. The van der Waals surface area contributed by atoms with Crippen molar-refractivity contribution in [3.8, 4) is 0 Å². The number of nitrogens with zero attached hydrogens (tertiary/aromatic N) is 5. The maximum atomic E-state index is 12.6. The molecule has 1 aliphatic heterocycles. The fraction of sp³-hybridized carbons (Fsp3) is 0.444. The summed E-state index contributed by atoms with van der Waals surface area (Å²) < 4.78 is 1.77. The Morgan fingerprint density at radius 2 is 2.31 bits per heavy atom. The predicted molar refractivity (Wildman–Crippen MR) is 103 cm³/mol. The van der Waals surface area contributed by atoms with E-state index in [1.54, 1.807) is 10.9 Å². The quantitative estimate of drug-likeness (QED) is 0.764. The highest BCUT2D eigenvalue weighted by Gasteiger charge is 2.26. The molecule has 8 heteroatoms. The third kappa shape index (κ3) is 3.16. The molecule has 4 heterocycles. The second kappa shape index (κ2) is 7.03. The van der Waals surface area contributed by atoms with Crippen molar-refractivity contribution in [3.05, 3.63) is 34.4 Å². The number of amides is 1. The first kappa shape index (κ1) is 17.0. The van der Waals surface area contributed by atoms with E-state index >= 15 is 0 Å². The van der Waals surface area contributed by atoms with Crippen LogP contribution in [0.3, 0.4) is 0 Å². The molecule has 1 saturated heterocycles. The second-order valence-electron chi connectivity index (χ2n) is 6.56. The Kier molecular flexibility index (Phi) is 4.58. The van der Waals surface area contributed by atoms with E-state index in [0.29, 0.717) is 6.54 Å². The van der Waals surface area contributed by atoms with Gasteiger partial charge in [0.25, 0.3) is 5.91 Å². The molecule has 3 aromatic heterocycles. The summed E-state index contributed by atoms with van der Waals surface area (Å²) in [6.45, 7) is 3.54. The highest BCUT2D eigenvalue weighted by Crippen LogP contribution is 2.24. The minimum Gasteiger partial charge on any atom is -0.365 e. The highest BCUT2D eigenvalue weighted by molar-refractivity contribution is 7.12. The van der Waals surface area contributed by atoms with Gasteiger partial charge in [0.1, 0.15) is 11.6 Å². The molecule has 0 aromatic carbocycles. The van der Waals surface area contributed by atoms with Crippen molar-refractivity contribution >= 4 is 34.1 Å². The largest absolute Gasteiger partial charge is 0.365 e. The van der Waals surface area contributed by atoms with E-state index in [2.05, 4.69) is 20.4 Å². The molecule has 1 aliphatic rings. The number of nitrogens with one attached hydrogen (secondary N) is 1. The van der Waals surface area contributed by atoms with Crippen LogP contribution in [0.25, 0.3) is 11.0 Å². The summed E-state index contributed by atoms with van der Waals surface area (Å²) in [7, 11) is 1.89. The number of anilines is 1. The van der Waals surface area contributed by atoms with E-state index < -0.39 is 0 Å². The van der Waals surface area contributed by atoms with Crippen molar-refractivity contribution < 1.29 is 4.79 Å². The minimum atomic E-state index is 0.120. The van der Waals surface area contributed by atoms with Crippen molar-refractivity contribution in [2.24, 2.45) is 7.05 Å². The number of aromatic nitrogens is 4. The minimum absolute atomic E-state index is 0.120. The van der Waals surface area contributed by atoms with E-state index in [9.17, 15) is 4.79 Å². The standard InChI is InChI=1S/C18H22N6OS/c1-3-15-21-16(13-10-19-23(2)17(13)22-15)20-12-6-4-8-24(11-12)18(25)14-7-5-9-26-14/h5,7,9-10,12H,3-4,6,8,11H2,1-2H3,(H,20,21,22)/t12-/m0/s1. The van der Waals surface area contributed by atoms with Crippen LogP contribution < -0.4 is 5.32 Å². The number of aryl methyl sites for hydroxylation is 2. The molecule has 3 aromatic rings. The van der Waals surface area contributed by atoms with Crippen LogP contribution in [-0.4, -0.2) is 49.7 Å². The fourth-order valence-electron chi connectivity index (χ4n) is 3.36. The number of hydrogen-bond donors (Lipinski definition) is 1. The second-order valence-corrected chi connectivity index (χ2v) is 7.51. The van der Waals surface area contributed by atoms with Crippen LogP contribution in [0.4, 0.5) is 5.82 Å². The SMILES string of the molecule is CCc1nc(N[C@H]2CCCN(C(=O)c3cccs3)C2)c2cnn(C)c2n1. The number of piperidine rings is 1. The number of carbonyl (C=O) groups is 1. The highest BCUT2D eigenvalue weighted by atomic mass is 32.1. The first-order valence-electron chi connectivity index (χ1n) is 8.93. The lowest BCUT2D eigenvalue weighted by molar-refractivity contribution is 0.0719. The lowest BCUT2D eigenvalue weighted by atomic mass is 10.1. The Labute approximate surface area is 156 Å². The van der Waals surface area contributed by atoms with E-state index in [0.717, 1.165) is 53.4 Å². The first-order valence-corrected chi connectivity index (χ1v) is 9.81. The molecule has 1 atom stereocenters. The van der Waals surface area contributed by atoms with E-state index in [1.807, 2.05) is 36.4 Å². The lowest BCUT2D eigenvalue weighted by Crippen LogP contribution is -2.45. The number of carbonyl (C=O) groups excluding carboxylic acids is 1. The smallest absolute Gasteiger partial charge is 0.263 e. The average molecular weight is 370 g/mol. The van der Waals surface area contributed by atoms with E-state index in [-0.39, 0.29) is 11.9 Å². The Balaban J connectivity index is 1.55. The normalized spacial score (nSPS) is 17.6. The van der Waals surface area contributed by atoms with Gasteiger partial charge in [-0.05, 0) is 24.3 Å². The van der Waals surface area contributed by atoms with E-state index in [4.69, 9.17) is 0 Å². The summed E-state index contributed by atoms with van der Waals surface area (Å²) in [5.74, 6) is 1.73. The van der Waals surface area contributed by atoms with E-state index in [1.165, 1.54) is 11.3 Å². The van der Waals surface area contributed by atoms with Crippen LogP contribution >= 0.6 is 11.3 Å². The molecule has 0 unspecified atom stereocenters. The van der Waals surface area contributed by atoms with Crippen molar-refractivity contribution in [1.82, 2.24) is 24.6 Å². The number of rotatable bonds is 4. The topological polar surface area (TPSA) is 75.9 Å².